The number of amides is 2. The number of nitrogens with one attached hydrogen (secondary N) is 4. The summed E-state index contributed by atoms with van der Waals surface area (Å²) in [4.78, 5) is 24.6. The first-order valence-electron chi connectivity index (χ1n) is 11.2. The van der Waals surface area contributed by atoms with Gasteiger partial charge < -0.3 is 10.6 Å². The topological polar surface area (TPSA) is 107 Å². The molecule has 0 fully saturated rings. The SMILES string of the molecule is CC(CC(=O)NC1=CC=C(NC(=O)CC(C)=NNc2ccccc2)CC1)=NNc1ccccc1. The Hall–Kier alpha value is -4.20. The quantitative estimate of drug-likeness (QED) is 0.310. The fourth-order valence-electron chi connectivity index (χ4n) is 3.18. The van der Waals surface area contributed by atoms with Crippen molar-refractivity contribution in [1.82, 2.24) is 10.6 Å². The summed E-state index contributed by atoms with van der Waals surface area (Å²) < 4.78 is 0. The molecule has 0 atom stereocenters. The second kappa shape index (κ2) is 12.7. The number of hydrazone groups is 2. The second-order valence-corrected chi connectivity index (χ2v) is 7.98. The van der Waals surface area contributed by atoms with Gasteiger partial charge in [-0.3, -0.25) is 20.4 Å². The number of rotatable bonds is 10. The van der Waals surface area contributed by atoms with Crippen molar-refractivity contribution in [2.75, 3.05) is 10.9 Å². The van der Waals surface area contributed by atoms with Crippen LogP contribution in [-0.4, -0.2) is 23.2 Å². The molecule has 0 heterocycles. The van der Waals surface area contributed by atoms with E-state index >= 15 is 0 Å². The van der Waals surface area contributed by atoms with Gasteiger partial charge in [-0.25, -0.2) is 0 Å². The van der Waals surface area contributed by atoms with Crippen molar-refractivity contribution in [3.05, 3.63) is 84.2 Å². The Bertz CT molecular complexity index is 1020. The van der Waals surface area contributed by atoms with Crippen molar-refractivity contribution in [3.63, 3.8) is 0 Å². The molecule has 0 aliphatic heterocycles. The molecule has 3 rings (SSSR count). The molecule has 0 unspecified atom stereocenters. The highest BCUT2D eigenvalue weighted by molar-refractivity contribution is 6.01. The third-order valence-electron chi connectivity index (χ3n) is 4.88. The van der Waals surface area contributed by atoms with Crippen molar-refractivity contribution < 1.29 is 9.59 Å². The van der Waals surface area contributed by atoms with Crippen LogP contribution >= 0.6 is 0 Å². The van der Waals surface area contributed by atoms with Crippen LogP contribution in [0.5, 0.6) is 0 Å². The van der Waals surface area contributed by atoms with Crippen molar-refractivity contribution in [2.24, 2.45) is 10.2 Å². The number of nitrogens with zero attached hydrogens (tertiary/aromatic N) is 2. The summed E-state index contributed by atoms with van der Waals surface area (Å²) >= 11 is 0. The monoisotopic (exact) mass is 458 g/mol. The maximum Gasteiger partial charge on any atom is 0.229 e. The maximum absolute atomic E-state index is 12.3. The molecule has 8 nitrogen and oxygen atoms in total. The molecule has 1 aliphatic rings. The minimum Gasteiger partial charge on any atom is -0.329 e. The van der Waals surface area contributed by atoms with Crippen LogP contribution in [-0.2, 0) is 9.59 Å². The first-order valence-corrected chi connectivity index (χ1v) is 11.2. The van der Waals surface area contributed by atoms with E-state index < -0.39 is 0 Å². The van der Waals surface area contributed by atoms with E-state index in [0.717, 1.165) is 22.8 Å². The second-order valence-electron chi connectivity index (χ2n) is 7.98. The highest BCUT2D eigenvalue weighted by atomic mass is 16.2. The Morgan fingerprint density at radius 1 is 0.676 bits per heavy atom. The summed E-state index contributed by atoms with van der Waals surface area (Å²) in [5, 5.41) is 14.3. The summed E-state index contributed by atoms with van der Waals surface area (Å²) in [6.45, 7) is 3.61. The van der Waals surface area contributed by atoms with Crippen LogP contribution in [0.25, 0.3) is 0 Å². The van der Waals surface area contributed by atoms with Crippen molar-refractivity contribution in [3.8, 4) is 0 Å². The van der Waals surface area contributed by atoms with Crippen LogP contribution < -0.4 is 21.5 Å². The lowest BCUT2D eigenvalue weighted by Crippen LogP contribution is -2.28. The lowest BCUT2D eigenvalue weighted by molar-refractivity contribution is -0.120. The smallest absolute Gasteiger partial charge is 0.229 e. The molecule has 2 aromatic carbocycles. The van der Waals surface area contributed by atoms with E-state index in [-0.39, 0.29) is 24.7 Å². The molecule has 2 aromatic rings. The van der Waals surface area contributed by atoms with Gasteiger partial charge in [0.1, 0.15) is 0 Å². The molecule has 4 N–H and O–H groups in total. The summed E-state index contributed by atoms with van der Waals surface area (Å²) in [7, 11) is 0. The Kier molecular flexibility index (Phi) is 9.16. The van der Waals surface area contributed by atoms with Gasteiger partial charge in [-0.2, -0.15) is 10.2 Å². The number of benzene rings is 2. The van der Waals surface area contributed by atoms with Gasteiger partial charge in [0.25, 0.3) is 0 Å². The number of hydrogen-bond donors (Lipinski definition) is 4. The highest BCUT2D eigenvalue weighted by Crippen LogP contribution is 2.15. The van der Waals surface area contributed by atoms with Crippen molar-refractivity contribution in [2.45, 2.75) is 39.5 Å². The number of carbonyl (C=O) groups is 2. The predicted molar refractivity (Wildman–Crippen MR) is 137 cm³/mol. The number of carbonyl (C=O) groups excluding carboxylic acids is 2. The molecule has 0 bridgehead atoms. The molecule has 0 spiro atoms. The number of para-hydroxylation sites is 2. The summed E-state index contributed by atoms with van der Waals surface area (Å²) in [6, 6.07) is 19.1. The average Bonchev–Trinajstić information content (AvgIpc) is 2.84. The minimum absolute atomic E-state index is 0.124. The first kappa shape index (κ1) is 24.4. The number of hydrogen-bond acceptors (Lipinski definition) is 6. The number of anilines is 2. The van der Waals surface area contributed by atoms with Gasteiger partial charge in [0.2, 0.25) is 11.8 Å². The van der Waals surface area contributed by atoms with Crippen LogP contribution in [0.3, 0.4) is 0 Å². The predicted octanol–water partition coefficient (Wildman–Crippen LogP) is 4.54. The molecule has 0 saturated heterocycles. The fourth-order valence-corrected chi connectivity index (χ4v) is 3.18. The van der Waals surface area contributed by atoms with E-state index in [0.29, 0.717) is 24.3 Å². The van der Waals surface area contributed by atoms with Gasteiger partial charge in [-0.1, -0.05) is 36.4 Å². The Balaban J connectivity index is 1.41. The fraction of sp³-hybridized carbons (Fsp3) is 0.231. The summed E-state index contributed by atoms with van der Waals surface area (Å²) in [5.41, 5.74) is 10.6. The molecule has 0 saturated carbocycles. The third-order valence-corrected chi connectivity index (χ3v) is 4.88. The van der Waals surface area contributed by atoms with Crippen molar-refractivity contribution in [1.29, 1.82) is 0 Å². The van der Waals surface area contributed by atoms with Crippen LogP contribution in [0, 0.1) is 0 Å². The molecule has 8 heteroatoms. The van der Waals surface area contributed by atoms with Gasteiger partial charge >= 0.3 is 0 Å². The van der Waals surface area contributed by atoms with Gasteiger partial charge in [-0.05, 0) is 63.1 Å². The zero-order chi connectivity index (χ0) is 24.2. The van der Waals surface area contributed by atoms with Crippen LogP contribution in [0.4, 0.5) is 11.4 Å². The molecule has 34 heavy (non-hydrogen) atoms. The summed E-state index contributed by atoms with van der Waals surface area (Å²) in [6.07, 6.45) is 5.31. The Morgan fingerprint density at radius 2 is 1.06 bits per heavy atom. The maximum atomic E-state index is 12.3. The largest absolute Gasteiger partial charge is 0.329 e. The van der Waals surface area contributed by atoms with Crippen molar-refractivity contribution >= 4 is 34.6 Å². The Morgan fingerprint density at radius 3 is 1.41 bits per heavy atom. The van der Waals surface area contributed by atoms with E-state index in [4.69, 9.17) is 0 Å². The van der Waals surface area contributed by atoms with E-state index in [1.807, 2.05) is 72.8 Å². The standard InChI is InChI=1S/C26H30N6O2/c1-19(29-31-23-9-5-3-6-10-23)17-25(33)27-21-13-15-22(16-14-21)28-26(34)18-20(2)30-32-24-11-7-4-8-12-24/h3-13,15,31-32H,14,16-18H2,1-2H3,(H,27,33)(H,28,34). The van der Waals surface area contributed by atoms with Gasteiger partial charge in [0, 0.05) is 22.8 Å². The lowest BCUT2D eigenvalue weighted by Gasteiger charge is -2.16. The average molecular weight is 459 g/mol. The highest BCUT2D eigenvalue weighted by Gasteiger charge is 2.13. The molecule has 176 valence electrons. The van der Waals surface area contributed by atoms with Crippen LogP contribution in [0.1, 0.15) is 39.5 Å². The van der Waals surface area contributed by atoms with Crippen LogP contribution in [0.2, 0.25) is 0 Å². The normalized spacial score (nSPS) is 13.9. The zero-order valence-corrected chi connectivity index (χ0v) is 19.5. The molecule has 0 aromatic heterocycles. The molecular weight excluding hydrogens is 428 g/mol. The van der Waals surface area contributed by atoms with Gasteiger partial charge in [-0.15, -0.1) is 0 Å². The molecular formula is C26H30N6O2. The number of allylic oxidation sites excluding steroid dienone is 4. The zero-order valence-electron chi connectivity index (χ0n) is 19.5. The summed E-state index contributed by atoms with van der Waals surface area (Å²) in [5.74, 6) is -0.248. The van der Waals surface area contributed by atoms with Gasteiger partial charge in [0.05, 0.1) is 24.2 Å². The molecule has 2 amide bonds. The van der Waals surface area contributed by atoms with Crippen LogP contribution in [0.15, 0.2) is 94.4 Å². The van der Waals surface area contributed by atoms with Gasteiger partial charge in [0.15, 0.2) is 0 Å². The molecule has 1 aliphatic carbocycles. The Labute approximate surface area is 199 Å². The van der Waals surface area contributed by atoms with E-state index in [9.17, 15) is 9.59 Å². The van der Waals surface area contributed by atoms with E-state index in [1.165, 1.54) is 0 Å². The first-order chi connectivity index (χ1) is 16.5. The minimum atomic E-state index is -0.124. The van der Waals surface area contributed by atoms with E-state index in [2.05, 4.69) is 31.7 Å². The third kappa shape index (κ3) is 8.74. The lowest BCUT2D eigenvalue weighted by atomic mass is 10.1. The molecule has 0 radical (unpaired) electrons. The van der Waals surface area contributed by atoms with E-state index in [1.54, 1.807) is 13.8 Å².